The lowest BCUT2D eigenvalue weighted by atomic mass is 10.1. The van der Waals surface area contributed by atoms with Gasteiger partial charge in [0.1, 0.15) is 17.4 Å². The van der Waals surface area contributed by atoms with Crippen LogP contribution in [0.1, 0.15) is 23.2 Å². The number of amides is 1. The van der Waals surface area contributed by atoms with Crippen LogP contribution in [0.2, 0.25) is 0 Å². The van der Waals surface area contributed by atoms with Gasteiger partial charge >= 0.3 is 0 Å². The first kappa shape index (κ1) is 16.4. The van der Waals surface area contributed by atoms with Gasteiger partial charge in [0, 0.05) is 13.1 Å². The number of hydrogen-bond donors (Lipinski definition) is 0. The Bertz CT molecular complexity index is 706. The molecule has 0 spiro atoms. The van der Waals surface area contributed by atoms with Crippen LogP contribution in [-0.2, 0) is 0 Å². The molecule has 1 unspecified atom stereocenters. The van der Waals surface area contributed by atoms with Gasteiger partial charge in [-0.3, -0.25) is 4.79 Å². The Hall–Kier alpha value is -2.43. The number of ether oxygens (including phenoxy) is 1. The van der Waals surface area contributed by atoms with Crippen molar-refractivity contribution in [1.82, 2.24) is 4.90 Å². The minimum Gasteiger partial charge on any atom is -0.494 e. The molecular weight excluding hydrogens is 312 g/mol. The minimum absolute atomic E-state index is 0.198. The fourth-order valence-corrected chi connectivity index (χ4v) is 2.94. The van der Waals surface area contributed by atoms with Crippen LogP contribution in [0, 0.1) is 17.6 Å². The third kappa shape index (κ3) is 3.91. The summed E-state index contributed by atoms with van der Waals surface area (Å²) in [6, 6.07) is 12.5. The lowest BCUT2D eigenvalue weighted by Crippen LogP contribution is -2.29. The first-order chi connectivity index (χ1) is 11.6. The Morgan fingerprint density at radius 3 is 2.75 bits per heavy atom. The molecule has 1 atom stereocenters. The number of para-hydroxylation sites is 1. The van der Waals surface area contributed by atoms with Crippen molar-refractivity contribution in [2.75, 3.05) is 19.7 Å². The molecule has 1 heterocycles. The third-order valence-corrected chi connectivity index (χ3v) is 4.27. The molecule has 126 valence electrons. The Labute approximate surface area is 139 Å². The molecule has 0 N–H and O–H groups in total. The second-order valence-electron chi connectivity index (χ2n) is 5.98. The van der Waals surface area contributed by atoms with E-state index in [-0.39, 0.29) is 5.56 Å². The summed E-state index contributed by atoms with van der Waals surface area (Å²) in [5.41, 5.74) is -0.198. The predicted octanol–water partition coefficient (Wildman–Crippen LogP) is 3.90. The van der Waals surface area contributed by atoms with E-state index >= 15 is 0 Å². The second-order valence-corrected chi connectivity index (χ2v) is 5.98. The predicted molar refractivity (Wildman–Crippen MR) is 86.9 cm³/mol. The maximum Gasteiger partial charge on any atom is 0.256 e. The van der Waals surface area contributed by atoms with Gasteiger partial charge in [-0.25, -0.2) is 8.78 Å². The number of likely N-dealkylation sites (tertiary alicyclic amines) is 1. The fraction of sp³-hybridized carbons (Fsp3) is 0.316. The van der Waals surface area contributed by atoms with Crippen LogP contribution in [-0.4, -0.2) is 30.5 Å². The number of hydrogen-bond acceptors (Lipinski definition) is 2. The maximum atomic E-state index is 13.7. The van der Waals surface area contributed by atoms with E-state index in [1.165, 1.54) is 0 Å². The standard InChI is InChI=1S/C19H19F2NO2/c20-15-6-7-18(21)17(12-15)19(23)22-10-8-14(13-22)9-11-24-16-4-2-1-3-5-16/h1-7,12,14H,8-11,13H2. The molecule has 0 radical (unpaired) electrons. The van der Waals surface area contributed by atoms with Crippen LogP contribution >= 0.6 is 0 Å². The highest BCUT2D eigenvalue weighted by Crippen LogP contribution is 2.23. The van der Waals surface area contributed by atoms with E-state index in [1.54, 1.807) is 4.90 Å². The summed E-state index contributed by atoms with van der Waals surface area (Å²) >= 11 is 0. The summed E-state index contributed by atoms with van der Waals surface area (Å²) < 4.78 is 32.6. The van der Waals surface area contributed by atoms with Gasteiger partial charge in [0.25, 0.3) is 5.91 Å². The lowest BCUT2D eigenvalue weighted by molar-refractivity contribution is 0.0780. The lowest BCUT2D eigenvalue weighted by Gasteiger charge is -2.17. The molecule has 0 aromatic heterocycles. The Morgan fingerprint density at radius 1 is 1.17 bits per heavy atom. The monoisotopic (exact) mass is 331 g/mol. The van der Waals surface area contributed by atoms with Gasteiger partial charge < -0.3 is 9.64 Å². The Kier molecular flexibility index (Phi) is 5.08. The second kappa shape index (κ2) is 7.43. The molecule has 2 aromatic rings. The molecule has 0 saturated carbocycles. The zero-order chi connectivity index (χ0) is 16.9. The number of carbonyl (C=O) groups excluding carboxylic acids is 1. The van der Waals surface area contributed by atoms with Crippen molar-refractivity contribution < 1.29 is 18.3 Å². The van der Waals surface area contributed by atoms with Crippen LogP contribution in [0.4, 0.5) is 8.78 Å². The van der Waals surface area contributed by atoms with E-state index in [1.807, 2.05) is 30.3 Å². The van der Waals surface area contributed by atoms with Gasteiger partial charge in [-0.05, 0) is 49.1 Å². The molecule has 3 rings (SSSR count). The van der Waals surface area contributed by atoms with E-state index in [0.29, 0.717) is 25.6 Å². The van der Waals surface area contributed by atoms with Crippen LogP contribution in [0.5, 0.6) is 5.75 Å². The van der Waals surface area contributed by atoms with Gasteiger partial charge in [0.2, 0.25) is 0 Å². The zero-order valence-electron chi connectivity index (χ0n) is 13.3. The summed E-state index contributed by atoms with van der Waals surface area (Å²) in [6.45, 7) is 1.68. The molecule has 1 amide bonds. The number of halogens is 2. The molecule has 1 saturated heterocycles. The first-order valence-corrected chi connectivity index (χ1v) is 8.05. The number of rotatable bonds is 5. The van der Waals surface area contributed by atoms with Crippen molar-refractivity contribution in [2.45, 2.75) is 12.8 Å². The third-order valence-electron chi connectivity index (χ3n) is 4.27. The SMILES string of the molecule is O=C(c1cc(F)ccc1F)N1CCC(CCOc2ccccc2)C1. The Morgan fingerprint density at radius 2 is 1.96 bits per heavy atom. The molecule has 1 fully saturated rings. The Balaban J connectivity index is 1.51. The van der Waals surface area contributed by atoms with E-state index in [2.05, 4.69) is 0 Å². The molecule has 2 aromatic carbocycles. The molecular formula is C19H19F2NO2. The molecule has 0 bridgehead atoms. The average Bonchev–Trinajstić information content (AvgIpc) is 3.06. The van der Waals surface area contributed by atoms with Crippen LogP contribution < -0.4 is 4.74 Å². The van der Waals surface area contributed by atoms with Crippen molar-refractivity contribution in [3.05, 3.63) is 65.7 Å². The molecule has 1 aliphatic heterocycles. The van der Waals surface area contributed by atoms with Crippen molar-refractivity contribution >= 4 is 5.91 Å². The number of benzene rings is 2. The average molecular weight is 331 g/mol. The molecule has 0 aliphatic carbocycles. The largest absolute Gasteiger partial charge is 0.494 e. The smallest absolute Gasteiger partial charge is 0.256 e. The summed E-state index contributed by atoms with van der Waals surface area (Å²) in [4.78, 5) is 13.9. The topological polar surface area (TPSA) is 29.5 Å². The van der Waals surface area contributed by atoms with Crippen LogP contribution in [0.25, 0.3) is 0 Å². The van der Waals surface area contributed by atoms with E-state index in [0.717, 1.165) is 36.8 Å². The van der Waals surface area contributed by atoms with Crippen LogP contribution in [0.15, 0.2) is 48.5 Å². The highest BCUT2D eigenvalue weighted by molar-refractivity contribution is 5.94. The van der Waals surface area contributed by atoms with Crippen molar-refractivity contribution in [2.24, 2.45) is 5.92 Å². The van der Waals surface area contributed by atoms with Crippen molar-refractivity contribution in [3.8, 4) is 5.75 Å². The summed E-state index contributed by atoms with van der Waals surface area (Å²) in [5.74, 6) is -0.595. The maximum absolute atomic E-state index is 13.7. The van der Waals surface area contributed by atoms with Gasteiger partial charge in [-0.2, -0.15) is 0 Å². The van der Waals surface area contributed by atoms with E-state index in [9.17, 15) is 13.6 Å². The normalized spacial score (nSPS) is 17.1. The summed E-state index contributed by atoms with van der Waals surface area (Å²) in [7, 11) is 0. The number of nitrogens with zero attached hydrogens (tertiary/aromatic N) is 1. The quantitative estimate of drug-likeness (QED) is 0.832. The first-order valence-electron chi connectivity index (χ1n) is 8.05. The van der Waals surface area contributed by atoms with E-state index in [4.69, 9.17) is 4.74 Å². The van der Waals surface area contributed by atoms with E-state index < -0.39 is 17.5 Å². The van der Waals surface area contributed by atoms with Gasteiger partial charge in [-0.15, -0.1) is 0 Å². The molecule has 1 aliphatic rings. The zero-order valence-corrected chi connectivity index (χ0v) is 13.3. The molecule has 3 nitrogen and oxygen atoms in total. The minimum atomic E-state index is -0.683. The summed E-state index contributed by atoms with van der Waals surface area (Å²) in [5, 5.41) is 0. The van der Waals surface area contributed by atoms with Crippen molar-refractivity contribution in [3.63, 3.8) is 0 Å². The van der Waals surface area contributed by atoms with Gasteiger partial charge in [-0.1, -0.05) is 18.2 Å². The molecule has 5 heteroatoms. The number of carbonyl (C=O) groups is 1. The van der Waals surface area contributed by atoms with Crippen LogP contribution in [0.3, 0.4) is 0 Å². The fourth-order valence-electron chi connectivity index (χ4n) is 2.94. The highest BCUT2D eigenvalue weighted by atomic mass is 19.1. The molecule has 24 heavy (non-hydrogen) atoms. The van der Waals surface area contributed by atoms with Gasteiger partial charge in [0.15, 0.2) is 0 Å². The highest BCUT2D eigenvalue weighted by Gasteiger charge is 2.28. The van der Waals surface area contributed by atoms with Crippen molar-refractivity contribution in [1.29, 1.82) is 0 Å². The summed E-state index contributed by atoms with van der Waals surface area (Å²) in [6.07, 6.45) is 1.67. The van der Waals surface area contributed by atoms with Gasteiger partial charge in [0.05, 0.1) is 12.2 Å².